The van der Waals surface area contributed by atoms with Crippen molar-refractivity contribution in [3.05, 3.63) is 32.9 Å². The van der Waals surface area contributed by atoms with Crippen LogP contribution < -0.4 is 5.73 Å². The molecule has 0 aliphatic carbocycles. The van der Waals surface area contributed by atoms with Crippen LogP contribution in [-0.2, 0) is 6.54 Å². The van der Waals surface area contributed by atoms with Gasteiger partial charge in [-0.05, 0) is 46.4 Å². The molecule has 0 aromatic heterocycles. The van der Waals surface area contributed by atoms with Crippen LogP contribution in [0.5, 0.6) is 0 Å². The van der Waals surface area contributed by atoms with Crippen molar-refractivity contribution in [1.82, 2.24) is 0 Å². The smallest absolute Gasteiger partial charge is 0.129 e. The van der Waals surface area contributed by atoms with Crippen LogP contribution in [0.15, 0.2) is 18.2 Å². The maximum atomic E-state index is 5.63. The lowest BCUT2D eigenvalue weighted by molar-refractivity contribution is 1.07. The molecule has 0 heterocycles. The lowest BCUT2D eigenvalue weighted by Crippen LogP contribution is -2.16. The molecule has 0 aliphatic rings. The fraction of sp³-hybridized carbons (Fsp3) is 0.333. The van der Waals surface area contributed by atoms with Crippen molar-refractivity contribution in [2.45, 2.75) is 26.2 Å². The molecule has 0 fully saturated rings. The minimum Gasteiger partial charge on any atom is -0.326 e. The van der Waals surface area contributed by atoms with Crippen molar-refractivity contribution in [2.75, 3.05) is 0 Å². The first kappa shape index (κ1) is 12.8. The van der Waals surface area contributed by atoms with Crippen molar-refractivity contribution in [1.29, 1.82) is 0 Å². The molecule has 0 atom stereocenters. The summed E-state index contributed by atoms with van der Waals surface area (Å²) >= 11 is 2.30. The van der Waals surface area contributed by atoms with Crippen LogP contribution in [-0.4, -0.2) is 8.07 Å². The molecule has 80 valence electrons. The summed E-state index contributed by atoms with van der Waals surface area (Å²) in [6.45, 7) is 7.33. The van der Waals surface area contributed by atoms with E-state index in [-0.39, 0.29) is 0 Å². The molecule has 2 N–H and O–H groups in total. The van der Waals surface area contributed by atoms with Gasteiger partial charge < -0.3 is 5.73 Å². The second-order valence-corrected chi connectivity index (χ2v) is 10.5. The van der Waals surface area contributed by atoms with Crippen LogP contribution in [0.2, 0.25) is 19.6 Å². The first-order chi connectivity index (χ1) is 6.90. The Kier molecular flexibility index (Phi) is 4.38. The van der Waals surface area contributed by atoms with E-state index < -0.39 is 8.07 Å². The standard InChI is InChI=1S/C12H16INSi/c1-15(2,3)5-4-10-6-11(9-14)8-12(13)7-10/h6-8H,9,14H2,1-3H3. The van der Waals surface area contributed by atoms with Gasteiger partial charge in [0, 0.05) is 15.7 Å². The molecule has 1 aromatic rings. The minimum atomic E-state index is -1.28. The highest BCUT2D eigenvalue weighted by Gasteiger charge is 2.07. The number of nitrogens with two attached hydrogens (primary N) is 1. The van der Waals surface area contributed by atoms with E-state index in [4.69, 9.17) is 5.73 Å². The van der Waals surface area contributed by atoms with E-state index in [9.17, 15) is 0 Å². The van der Waals surface area contributed by atoms with E-state index in [2.05, 4.69) is 71.9 Å². The van der Waals surface area contributed by atoms with Crippen molar-refractivity contribution in [2.24, 2.45) is 5.73 Å². The highest BCUT2D eigenvalue weighted by atomic mass is 127. The molecule has 0 saturated heterocycles. The summed E-state index contributed by atoms with van der Waals surface area (Å²) in [5, 5.41) is 0. The summed E-state index contributed by atoms with van der Waals surface area (Å²) in [4.78, 5) is 0. The van der Waals surface area contributed by atoms with Gasteiger partial charge in [0.15, 0.2) is 0 Å². The van der Waals surface area contributed by atoms with Gasteiger partial charge in [0.1, 0.15) is 8.07 Å². The minimum absolute atomic E-state index is 0.582. The van der Waals surface area contributed by atoms with Crippen molar-refractivity contribution in [3.63, 3.8) is 0 Å². The van der Waals surface area contributed by atoms with Crippen LogP contribution in [0.3, 0.4) is 0 Å². The maximum Gasteiger partial charge on any atom is 0.129 e. The third kappa shape index (κ3) is 4.82. The number of halogens is 1. The Morgan fingerprint density at radius 2 is 1.93 bits per heavy atom. The van der Waals surface area contributed by atoms with Gasteiger partial charge in [-0.25, -0.2) is 0 Å². The Labute approximate surface area is 107 Å². The molecule has 0 spiro atoms. The SMILES string of the molecule is C[Si](C)(C)C#Cc1cc(I)cc(CN)c1. The van der Waals surface area contributed by atoms with E-state index in [1.165, 1.54) is 3.57 Å². The predicted molar refractivity (Wildman–Crippen MR) is 77.3 cm³/mol. The van der Waals surface area contributed by atoms with E-state index in [1.54, 1.807) is 0 Å². The summed E-state index contributed by atoms with van der Waals surface area (Å²) in [6.07, 6.45) is 0. The molecule has 0 bridgehead atoms. The van der Waals surface area contributed by atoms with Crippen molar-refractivity contribution < 1.29 is 0 Å². The number of rotatable bonds is 1. The molecule has 15 heavy (non-hydrogen) atoms. The molecule has 1 nitrogen and oxygen atoms in total. The van der Waals surface area contributed by atoms with E-state index in [1.807, 2.05) is 0 Å². The van der Waals surface area contributed by atoms with Crippen LogP contribution in [0.4, 0.5) is 0 Å². The molecule has 0 aliphatic heterocycles. The highest BCUT2D eigenvalue weighted by molar-refractivity contribution is 14.1. The number of hydrogen-bond acceptors (Lipinski definition) is 1. The Bertz CT molecular complexity index is 410. The van der Waals surface area contributed by atoms with E-state index in [0.717, 1.165) is 11.1 Å². The van der Waals surface area contributed by atoms with Gasteiger partial charge in [-0.1, -0.05) is 25.6 Å². The largest absolute Gasteiger partial charge is 0.326 e. The average molecular weight is 329 g/mol. The van der Waals surface area contributed by atoms with Crippen LogP contribution in [0.25, 0.3) is 0 Å². The van der Waals surface area contributed by atoms with E-state index in [0.29, 0.717) is 6.54 Å². The summed E-state index contributed by atoms with van der Waals surface area (Å²) in [7, 11) is -1.28. The summed E-state index contributed by atoms with van der Waals surface area (Å²) in [5.41, 5.74) is 11.2. The Morgan fingerprint density at radius 1 is 1.27 bits per heavy atom. The Hall–Kier alpha value is -0.313. The van der Waals surface area contributed by atoms with Gasteiger partial charge in [-0.15, -0.1) is 5.54 Å². The second kappa shape index (κ2) is 5.15. The van der Waals surface area contributed by atoms with Crippen LogP contribution in [0, 0.1) is 15.0 Å². The summed E-state index contributed by atoms with van der Waals surface area (Å²) in [6, 6.07) is 6.28. The summed E-state index contributed by atoms with van der Waals surface area (Å²) in [5.74, 6) is 3.25. The summed E-state index contributed by atoms with van der Waals surface area (Å²) < 4.78 is 1.20. The molecule has 0 amide bonds. The normalized spacial score (nSPS) is 10.7. The highest BCUT2D eigenvalue weighted by Crippen LogP contribution is 2.11. The molecule has 0 radical (unpaired) electrons. The van der Waals surface area contributed by atoms with Gasteiger partial charge in [0.2, 0.25) is 0 Å². The van der Waals surface area contributed by atoms with Gasteiger partial charge >= 0.3 is 0 Å². The number of hydrogen-bond donors (Lipinski definition) is 1. The molecular formula is C12H16INSi. The molecule has 3 heteroatoms. The molecule has 1 aromatic carbocycles. The average Bonchev–Trinajstić information content (AvgIpc) is 2.13. The quantitative estimate of drug-likeness (QED) is 0.478. The van der Waals surface area contributed by atoms with Crippen molar-refractivity contribution >= 4 is 30.7 Å². The third-order valence-electron chi connectivity index (χ3n) is 1.78. The second-order valence-electron chi connectivity index (χ2n) is 4.55. The van der Waals surface area contributed by atoms with Gasteiger partial charge in [-0.2, -0.15) is 0 Å². The first-order valence-corrected chi connectivity index (χ1v) is 9.51. The zero-order valence-electron chi connectivity index (χ0n) is 9.39. The molecule has 1 rings (SSSR count). The number of benzene rings is 1. The first-order valence-electron chi connectivity index (χ1n) is 4.93. The fourth-order valence-electron chi connectivity index (χ4n) is 1.10. The third-order valence-corrected chi connectivity index (χ3v) is 3.27. The molecule has 0 unspecified atom stereocenters. The fourth-order valence-corrected chi connectivity index (χ4v) is 2.35. The Morgan fingerprint density at radius 3 is 2.47 bits per heavy atom. The topological polar surface area (TPSA) is 26.0 Å². The van der Waals surface area contributed by atoms with Gasteiger partial charge in [0.25, 0.3) is 0 Å². The lowest BCUT2D eigenvalue weighted by Gasteiger charge is -2.04. The molecular weight excluding hydrogens is 313 g/mol. The van der Waals surface area contributed by atoms with Crippen molar-refractivity contribution in [3.8, 4) is 11.5 Å². The van der Waals surface area contributed by atoms with Gasteiger partial charge in [0.05, 0.1) is 0 Å². The predicted octanol–water partition coefficient (Wildman–Crippen LogP) is 2.98. The van der Waals surface area contributed by atoms with Crippen LogP contribution >= 0.6 is 22.6 Å². The monoisotopic (exact) mass is 329 g/mol. The van der Waals surface area contributed by atoms with Gasteiger partial charge in [-0.3, -0.25) is 0 Å². The maximum absolute atomic E-state index is 5.63. The zero-order valence-corrected chi connectivity index (χ0v) is 12.6. The zero-order chi connectivity index (χ0) is 11.5. The van der Waals surface area contributed by atoms with Crippen LogP contribution in [0.1, 0.15) is 11.1 Å². The van der Waals surface area contributed by atoms with E-state index >= 15 is 0 Å². The molecule has 0 saturated carbocycles. The lowest BCUT2D eigenvalue weighted by atomic mass is 10.1. The Balaban J connectivity index is 3.04.